The van der Waals surface area contributed by atoms with E-state index in [2.05, 4.69) is 4.99 Å². The van der Waals surface area contributed by atoms with Crippen molar-refractivity contribution in [2.75, 3.05) is 13.3 Å². The normalized spacial score (nSPS) is 11.2. The average Bonchev–Trinajstić information content (AvgIpc) is 2.60. The molecule has 0 fully saturated rings. The molecule has 0 saturated heterocycles. The molecule has 1 rings (SSSR count). The van der Waals surface area contributed by atoms with Gasteiger partial charge >= 0.3 is 0 Å². The van der Waals surface area contributed by atoms with Crippen molar-refractivity contribution in [1.29, 1.82) is 5.26 Å². The van der Waals surface area contributed by atoms with E-state index in [0.717, 1.165) is 11.3 Å². The molecule has 0 aliphatic heterocycles. The third-order valence-electron chi connectivity index (χ3n) is 2.03. The maximum absolute atomic E-state index is 8.50. The Balaban J connectivity index is 2.71. The quantitative estimate of drug-likeness (QED) is 0.438. The van der Waals surface area contributed by atoms with Crippen LogP contribution in [0, 0.1) is 18.4 Å². The Morgan fingerprint density at radius 3 is 2.93 bits per heavy atom. The Bertz CT molecular complexity index is 392. The van der Waals surface area contributed by atoms with Gasteiger partial charge in [0.05, 0.1) is 6.26 Å². The van der Waals surface area contributed by atoms with E-state index < -0.39 is 0 Å². The van der Waals surface area contributed by atoms with Gasteiger partial charge in [0.15, 0.2) is 5.17 Å². The van der Waals surface area contributed by atoms with Crippen LogP contribution in [0.15, 0.2) is 21.7 Å². The molecule has 0 atom stereocenters. The summed E-state index contributed by atoms with van der Waals surface area (Å²) >= 11 is 1.45. The van der Waals surface area contributed by atoms with Crippen molar-refractivity contribution in [3.63, 3.8) is 0 Å². The van der Waals surface area contributed by atoms with Gasteiger partial charge in [0.25, 0.3) is 0 Å². The number of hydrogen-bond acceptors (Lipinski definition) is 4. The fourth-order valence-corrected chi connectivity index (χ4v) is 1.74. The molecule has 0 bridgehead atoms. The zero-order valence-corrected chi connectivity index (χ0v) is 9.84. The number of furan rings is 1. The van der Waals surface area contributed by atoms with Gasteiger partial charge < -0.3 is 9.32 Å². The maximum atomic E-state index is 8.50. The number of nitriles is 1. The van der Waals surface area contributed by atoms with Gasteiger partial charge in [-0.1, -0.05) is 11.8 Å². The summed E-state index contributed by atoms with van der Waals surface area (Å²) in [4.78, 5) is 5.66. The van der Waals surface area contributed by atoms with Gasteiger partial charge in [-0.05, 0) is 19.2 Å². The Morgan fingerprint density at radius 2 is 2.47 bits per heavy atom. The molecule has 0 radical (unpaired) electrons. The smallest absolute Gasteiger partial charge is 0.208 e. The predicted molar refractivity (Wildman–Crippen MR) is 61.5 cm³/mol. The van der Waals surface area contributed by atoms with Crippen molar-refractivity contribution in [3.05, 3.63) is 23.7 Å². The summed E-state index contributed by atoms with van der Waals surface area (Å²) in [5.74, 6) is 0.902. The second-order valence-electron chi connectivity index (χ2n) is 3.06. The van der Waals surface area contributed by atoms with E-state index in [1.807, 2.05) is 31.2 Å². The first kappa shape index (κ1) is 11.7. The number of aliphatic imine (C=N–C) groups is 1. The van der Waals surface area contributed by atoms with Crippen LogP contribution >= 0.6 is 11.8 Å². The lowest BCUT2D eigenvalue weighted by Crippen LogP contribution is -2.23. The van der Waals surface area contributed by atoms with Crippen molar-refractivity contribution in [1.82, 2.24) is 4.90 Å². The summed E-state index contributed by atoms with van der Waals surface area (Å²) in [5, 5.41) is 9.21. The van der Waals surface area contributed by atoms with Gasteiger partial charge in [0.2, 0.25) is 6.19 Å². The fourth-order valence-electron chi connectivity index (χ4n) is 1.23. The topological polar surface area (TPSA) is 52.5 Å². The summed E-state index contributed by atoms with van der Waals surface area (Å²) in [5.41, 5.74) is 1.11. The molecule has 0 N–H and O–H groups in total. The second kappa shape index (κ2) is 5.47. The molecule has 0 aliphatic rings. The first-order valence-corrected chi connectivity index (χ1v) is 5.66. The summed E-state index contributed by atoms with van der Waals surface area (Å²) in [6.07, 6.45) is 5.36. The Hall–Kier alpha value is -1.41. The highest BCUT2D eigenvalue weighted by atomic mass is 32.2. The van der Waals surface area contributed by atoms with Gasteiger partial charge in [-0.15, -0.1) is 4.99 Å². The van der Waals surface area contributed by atoms with Crippen molar-refractivity contribution < 1.29 is 4.42 Å². The Labute approximate surface area is 93.6 Å². The van der Waals surface area contributed by atoms with E-state index in [0.29, 0.717) is 11.7 Å². The van der Waals surface area contributed by atoms with Crippen molar-refractivity contribution in [2.24, 2.45) is 4.99 Å². The molecule has 0 amide bonds. The molecule has 80 valence electrons. The first-order chi connectivity index (χ1) is 7.19. The van der Waals surface area contributed by atoms with Crippen LogP contribution in [0.5, 0.6) is 0 Å². The van der Waals surface area contributed by atoms with E-state index in [-0.39, 0.29) is 0 Å². The molecular formula is C10H13N3OS. The minimum atomic E-state index is 0.698. The fraction of sp³-hybridized carbons (Fsp3) is 0.400. The molecule has 5 heteroatoms. The summed E-state index contributed by atoms with van der Waals surface area (Å²) in [6, 6.07) is 1.93. The monoisotopic (exact) mass is 223 g/mol. The van der Waals surface area contributed by atoms with Gasteiger partial charge in [0.1, 0.15) is 5.76 Å². The number of nitrogens with zero attached hydrogens (tertiary/aromatic N) is 3. The van der Waals surface area contributed by atoms with Crippen molar-refractivity contribution in [2.45, 2.75) is 13.5 Å². The Morgan fingerprint density at radius 1 is 1.73 bits per heavy atom. The van der Waals surface area contributed by atoms with E-state index in [1.54, 1.807) is 12.5 Å². The van der Waals surface area contributed by atoms with Crippen LogP contribution < -0.4 is 0 Å². The minimum absolute atomic E-state index is 0.698. The van der Waals surface area contributed by atoms with Crippen LogP contribution in [-0.2, 0) is 6.54 Å². The highest BCUT2D eigenvalue weighted by molar-refractivity contribution is 8.13. The third-order valence-corrected chi connectivity index (χ3v) is 2.80. The molecular weight excluding hydrogens is 210 g/mol. The predicted octanol–water partition coefficient (Wildman–Crippen LogP) is 2.22. The second-order valence-corrected chi connectivity index (χ2v) is 3.83. The first-order valence-electron chi connectivity index (χ1n) is 4.44. The average molecular weight is 223 g/mol. The molecule has 0 aliphatic carbocycles. The lowest BCUT2D eigenvalue weighted by Gasteiger charge is -2.17. The number of amidine groups is 1. The zero-order chi connectivity index (χ0) is 11.3. The number of thioether (sulfide) groups is 1. The molecule has 1 heterocycles. The molecule has 15 heavy (non-hydrogen) atoms. The van der Waals surface area contributed by atoms with Crippen LogP contribution in [0.2, 0.25) is 0 Å². The SMILES string of the molecule is CSC(=NC#N)N(C)Cc1ccoc1C. The largest absolute Gasteiger partial charge is 0.469 e. The summed E-state index contributed by atoms with van der Waals surface area (Å²) < 4.78 is 5.20. The van der Waals surface area contributed by atoms with Crippen molar-refractivity contribution in [3.8, 4) is 6.19 Å². The molecule has 0 saturated carbocycles. The van der Waals surface area contributed by atoms with Gasteiger partial charge in [0, 0.05) is 19.2 Å². The molecule has 4 nitrogen and oxygen atoms in total. The summed E-state index contributed by atoms with van der Waals surface area (Å²) in [7, 11) is 1.90. The van der Waals surface area contributed by atoms with Gasteiger partial charge in [-0.3, -0.25) is 0 Å². The lowest BCUT2D eigenvalue weighted by atomic mass is 10.2. The zero-order valence-electron chi connectivity index (χ0n) is 9.02. The highest BCUT2D eigenvalue weighted by Gasteiger charge is 2.09. The highest BCUT2D eigenvalue weighted by Crippen LogP contribution is 2.13. The molecule has 0 unspecified atom stereocenters. The van der Waals surface area contributed by atoms with E-state index in [1.165, 1.54) is 11.8 Å². The maximum Gasteiger partial charge on any atom is 0.208 e. The molecule has 0 spiro atoms. The molecule has 0 aromatic carbocycles. The standard InChI is InChI=1S/C10H13N3OS/c1-8-9(4-5-14-8)6-13(2)10(15-3)12-7-11/h4-5H,6H2,1-3H3. The molecule has 1 aromatic rings. The van der Waals surface area contributed by atoms with Crippen LogP contribution in [0.4, 0.5) is 0 Å². The van der Waals surface area contributed by atoms with Crippen LogP contribution in [0.1, 0.15) is 11.3 Å². The Kier molecular flexibility index (Phi) is 4.25. The van der Waals surface area contributed by atoms with Gasteiger partial charge in [-0.2, -0.15) is 5.26 Å². The number of rotatable bonds is 2. The van der Waals surface area contributed by atoms with Gasteiger partial charge in [-0.25, -0.2) is 0 Å². The van der Waals surface area contributed by atoms with Crippen LogP contribution in [0.25, 0.3) is 0 Å². The van der Waals surface area contributed by atoms with Crippen LogP contribution in [0.3, 0.4) is 0 Å². The van der Waals surface area contributed by atoms with Crippen molar-refractivity contribution >= 4 is 16.9 Å². The number of aryl methyl sites for hydroxylation is 1. The summed E-state index contributed by atoms with van der Waals surface area (Å²) in [6.45, 7) is 2.62. The van der Waals surface area contributed by atoms with E-state index >= 15 is 0 Å². The van der Waals surface area contributed by atoms with E-state index in [9.17, 15) is 0 Å². The molecule has 1 aromatic heterocycles. The lowest BCUT2D eigenvalue weighted by molar-refractivity contribution is 0.487. The van der Waals surface area contributed by atoms with E-state index in [4.69, 9.17) is 9.68 Å². The van der Waals surface area contributed by atoms with Crippen LogP contribution in [-0.4, -0.2) is 23.4 Å². The third kappa shape index (κ3) is 3.03. The number of hydrogen-bond donors (Lipinski definition) is 0. The minimum Gasteiger partial charge on any atom is -0.469 e.